The van der Waals surface area contributed by atoms with Crippen molar-refractivity contribution in [2.45, 2.75) is 19.4 Å². The second-order valence-electron chi connectivity index (χ2n) is 5.16. The van der Waals surface area contributed by atoms with E-state index in [9.17, 15) is 4.79 Å². The second kappa shape index (κ2) is 6.53. The Labute approximate surface area is 128 Å². The van der Waals surface area contributed by atoms with Crippen molar-refractivity contribution in [1.29, 1.82) is 0 Å². The number of anilines is 1. The van der Waals surface area contributed by atoms with Crippen molar-refractivity contribution in [2.75, 3.05) is 18.5 Å². The Morgan fingerprint density at radius 2 is 2.18 bits per heavy atom. The minimum atomic E-state index is -0.243. The lowest BCUT2D eigenvalue weighted by molar-refractivity contribution is 0.102. The van der Waals surface area contributed by atoms with E-state index in [1.54, 1.807) is 24.5 Å². The molecule has 3 rings (SSSR count). The van der Waals surface area contributed by atoms with E-state index >= 15 is 0 Å². The maximum absolute atomic E-state index is 12.3. The molecule has 114 valence electrons. The first kappa shape index (κ1) is 14.5. The molecule has 0 aromatic carbocycles. The fraction of sp³-hybridized carbons (Fsp3) is 0.312. The van der Waals surface area contributed by atoms with Crippen LogP contribution >= 0.6 is 0 Å². The van der Waals surface area contributed by atoms with Gasteiger partial charge >= 0.3 is 0 Å². The Balaban J connectivity index is 1.69. The lowest BCUT2D eigenvalue weighted by atomic mass is 10.2. The Bertz CT molecular complexity index is 669. The number of nitrogens with zero attached hydrogens (tertiary/aromatic N) is 2. The SMILES string of the molecule is Cc1ccnc(NC(=O)c2ccnc(O[C@@H]3CCOC3)c2)c1. The summed E-state index contributed by atoms with van der Waals surface area (Å²) in [5, 5.41) is 2.76. The molecule has 6 heteroatoms. The molecule has 0 bridgehead atoms. The van der Waals surface area contributed by atoms with Crippen molar-refractivity contribution >= 4 is 11.7 Å². The van der Waals surface area contributed by atoms with Crippen molar-refractivity contribution in [2.24, 2.45) is 0 Å². The molecule has 22 heavy (non-hydrogen) atoms. The molecule has 0 aliphatic carbocycles. The van der Waals surface area contributed by atoms with Crippen LogP contribution in [0.1, 0.15) is 22.3 Å². The van der Waals surface area contributed by atoms with E-state index in [1.165, 1.54) is 0 Å². The lowest BCUT2D eigenvalue weighted by Gasteiger charge is -2.11. The Hall–Kier alpha value is -2.47. The monoisotopic (exact) mass is 299 g/mol. The van der Waals surface area contributed by atoms with Crippen LogP contribution in [-0.4, -0.2) is 35.2 Å². The molecule has 1 aliphatic rings. The number of ether oxygens (including phenoxy) is 2. The molecule has 1 fully saturated rings. The van der Waals surface area contributed by atoms with E-state index in [4.69, 9.17) is 9.47 Å². The average molecular weight is 299 g/mol. The molecular formula is C16H17N3O3. The summed E-state index contributed by atoms with van der Waals surface area (Å²) in [6, 6.07) is 6.96. The van der Waals surface area contributed by atoms with E-state index in [0.29, 0.717) is 30.5 Å². The minimum absolute atomic E-state index is 0.00394. The predicted molar refractivity (Wildman–Crippen MR) is 81.0 cm³/mol. The van der Waals surface area contributed by atoms with Gasteiger partial charge in [0.25, 0.3) is 5.91 Å². The molecule has 1 aliphatic heterocycles. The van der Waals surface area contributed by atoms with Crippen LogP contribution in [-0.2, 0) is 4.74 Å². The summed E-state index contributed by atoms with van der Waals surface area (Å²) in [7, 11) is 0. The molecule has 0 radical (unpaired) electrons. The number of amides is 1. The Kier molecular flexibility index (Phi) is 4.29. The van der Waals surface area contributed by atoms with Gasteiger partial charge < -0.3 is 14.8 Å². The van der Waals surface area contributed by atoms with E-state index in [2.05, 4.69) is 15.3 Å². The van der Waals surface area contributed by atoms with Crippen molar-refractivity contribution in [3.63, 3.8) is 0 Å². The first-order chi connectivity index (χ1) is 10.7. The van der Waals surface area contributed by atoms with Gasteiger partial charge in [0, 0.05) is 30.4 Å². The molecule has 0 spiro atoms. The molecule has 2 aromatic heterocycles. The van der Waals surface area contributed by atoms with E-state index in [1.807, 2.05) is 19.1 Å². The van der Waals surface area contributed by atoms with Crippen LogP contribution in [0.3, 0.4) is 0 Å². The van der Waals surface area contributed by atoms with Gasteiger partial charge in [0.1, 0.15) is 11.9 Å². The average Bonchev–Trinajstić information content (AvgIpc) is 3.00. The van der Waals surface area contributed by atoms with Gasteiger partial charge in [-0.1, -0.05) is 0 Å². The third kappa shape index (κ3) is 3.59. The van der Waals surface area contributed by atoms with Gasteiger partial charge in [0.15, 0.2) is 0 Å². The van der Waals surface area contributed by atoms with Crippen molar-refractivity contribution in [3.8, 4) is 5.88 Å². The highest BCUT2D eigenvalue weighted by molar-refractivity contribution is 6.03. The molecule has 1 atom stereocenters. The highest BCUT2D eigenvalue weighted by atomic mass is 16.5. The van der Waals surface area contributed by atoms with Gasteiger partial charge in [-0.15, -0.1) is 0 Å². The summed E-state index contributed by atoms with van der Waals surface area (Å²) in [6.07, 6.45) is 4.06. The normalized spacial score (nSPS) is 17.2. The van der Waals surface area contributed by atoms with Gasteiger partial charge in [0.2, 0.25) is 5.88 Å². The highest BCUT2D eigenvalue weighted by Gasteiger charge is 2.18. The molecule has 0 unspecified atom stereocenters. The van der Waals surface area contributed by atoms with Crippen molar-refractivity contribution < 1.29 is 14.3 Å². The van der Waals surface area contributed by atoms with Crippen LogP contribution in [0, 0.1) is 6.92 Å². The molecule has 3 heterocycles. The molecule has 1 N–H and O–H groups in total. The zero-order valence-corrected chi connectivity index (χ0v) is 12.3. The standard InChI is InChI=1S/C16H17N3O3/c1-11-2-5-17-14(8-11)19-16(20)12-3-6-18-15(9-12)22-13-4-7-21-10-13/h2-3,5-6,8-9,13H,4,7,10H2,1H3,(H,17,19,20)/t13-/m1/s1. The number of nitrogens with one attached hydrogen (secondary N) is 1. The maximum atomic E-state index is 12.3. The van der Waals surface area contributed by atoms with Crippen LogP contribution in [0.25, 0.3) is 0 Å². The van der Waals surface area contributed by atoms with Crippen molar-refractivity contribution in [1.82, 2.24) is 9.97 Å². The van der Waals surface area contributed by atoms with E-state index in [0.717, 1.165) is 12.0 Å². The number of aryl methyl sites for hydroxylation is 1. The number of carbonyl (C=O) groups is 1. The van der Waals surface area contributed by atoms with E-state index in [-0.39, 0.29) is 12.0 Å². The molecule has 6 nitrogen and oxygen atoms in total. The molecule has 2 aromatic rings. The summed E-state index contributed by atoms with van der Waals surface area (Å²) < 4.78 is 11.0. The third-order valence-electron chi connectivity index (χ3n) is 3.33. The number of pyridine rings is 2. The molecule has 1 saturated heterocycles. The number of hydrogen-bond donors (Lipinski definition) is 1. The topological polar surface area (TPSA) is 73.3 Å². The number of aromatic nitrogens is 2. The Morgan fingerprint density at radius 1 is 1.32 bits per heavy atom. The van der Waals surface area contributed by atoms with Gasteiger partial charge in [-0.25, -0.2) is 9.97 Å². The van der Waals surface area contributed by atoms with Crippen LogP contribution in [0.5, 0.6) is 5.88 Å². The Morgan fingerprint density at radius 3 is 2.95 bits per heavy atom. The summed E-state index contributed by atoms with van der Waals surface area (Å²) in [4.78, 5) is 20.5. The third-order valence-corrected chi connectivity index (χ3v) is 3.33. The molecule has 0 saturated carbocycles. The highest BCUT2D eigenvalue weighted by Crippen LogP contribution is 2.16. The summed E-state index contributed by atoms with van der Waals surface area (Å²) in [6.45, 7) is 3.20. The number of carbonyl (C=O) groups excluding carboxylic acids is 1. The first-order valence-corrected chi connectivity index (χ1v) is 7.15. The van der Waals surface area contributed by atoms with Gasteiger partial charge in [-0.3, -0.25) is 4.79 Å². The van der Waals surface area contributed by atoms with Gasteiger partial charge in [0.05, 0.1) is 13.2 Å². The first-order valence-electron chi connectivity index (χ1n) is 7.15. The zero-order valence-electron chi connectivity index (χ0n) is 12.3. The quantitative estimate of drug-likeness (QED) is 0.937. The summed E-state index contributed by atoms with van der Waals surface area (Å²) in [5.74, 6) is 0.710. The van der Waals surface area contributed by atoms with Crippen LogP contribution in [0.15, 0.2) is 36.7 Å². The molecular weight excluding hydrogens is 282 g/mol. The smallest absolute Gasteiger partial charge is 0.257 e. The van der Waals surface area contributed by atoms with E-state index < -0.39 is 0 Å². The van der Waals surface area contributed by atoms with Gasteiger partial charge in [-0.05, 0) is 30.7 Å². The summed E-state index contributed by atoms with van der Waals surface area (Å²) in [5.41, 5.74) is 1.51. The van der Waals surface area contributed by atoms with Crippen LogP contribution < -0.4 is 10.1 Å². The van der Waals surface area contributed by atoms with Crippen LogP contribution in [0.4, 0.5) is 5.82 Å². The number of rotatable bonds is 4. The largest absolute Gasteiger partial charge is 0.472 e. The lowest BCUT2D eigenvalue weighted by Crippen LogP contribution is -2.17. The van der Waals surface area contributed by atoms with Gasteiger partial charge in [-0.2, -0.15) is 0 Å². The predicted octanol–water partition coefficient (Wildman–Crippen LogP) is 2.21. The minimum Gasteiger partial charge on any atom is -0.472 e. The zero-order chi connectivity index (χ0) is 15.4. The second-order valence-corrected chi connectivity index (χ2v) is 5.16. The maximum Gasteiger partial charge on any atom is 0.257 e. The molecule has 1 amide bonds. The number of hydrogen-bond acceptors (Lipinski definition) is 5. The van der Waals surface area contributed by atoms with Crippen LogP contribution in [0.2, 0.25) is 0 Å². The fourth-order valence-corrected chi connectivity index (χ4v) is 2.18. The van der Waals surface area contributed by atoms with Crippen molar-refractivity contribution in [3.05, 3.63) is 47.8 Å². The summed E-state index contributed by atoms with van der Waals surface area (Å²) >= 11 is 0. The fourth-order valence-electron chi connectivity index (χ4n) is 2.18.